The van der Waals surface area contributed by atoms with E-state index in [9.17, 15) is 0 Å². The van der Waals surface area contributed by atoms with Crippen molar-refractivity contribution >= 4 is 11.3 Å². The highest BCUT2D eigenvalue weighted by atomic mass is 32.1. The molecule has 1 atom stereocenters. The highest BCUT2D eigenvalue weighted by Crippen LogP contribution is 2.17. The standard InChI is InChI=1S/C17H24N2S/c1-14(11-18-2)16-8-6-15(7-9-16)12-19(3)13-17-5-4-10-20-17/h4-10,14,18H,11-13H2,1-3H3. The molecule has 0 saturated carbocycles. The SMILES string of the molecule is CNCC(C)c1ccc(CN(C)Cc2cccs2)cc1. The normalized spacial score (nSPS) is 12.8. The average molecular weight is 288 g/mol. The lowest BCUT2D eigenvalue weighted by atomic mass is 10.00. The van der Waals surface area contributed by atoms with Crippen LogP contribution in [-0.2, 0) is 13.1 Å². The number of hydrogen-bond donors (Lipinski definition) is 1. The van der Waals surface area contributed by atoms with Gasteiger partial charge < -0.3 is 5.32 Å². The van der Waals surface area contributed by atoms with Gasteiger partial charge in [-0.2, -0.15) is 0 Å². The largest absolute Gasteiger partial charge is 0.319 e. The predicted molar refractivity (Wildman–Crippen MR) is 88.3 cm³/mol. The Morgan fingerprint density at radius 3 is 2.50 bits per heavy atom. The molecule has 2 rings (SSSR count). The highest BCUT2D eigenvalue weighted by Gasteiger charge is 2.06. The Hall–Kier alpha value is -1.16. The van der Waals surface area contributed by atoms with Crippen LogP contribution in [0.1, 0.15) is 28.8 Å². The van der Waals surface area contributed by atoms with Crippen LogP contribution in [0.2, 0.25) is 0 Å². The van der Waals surface area contributed by atoms with Crippen molar-refractivity contribution in [3.8, 4) is 0 Å². The summed E-state index contributed by atoms with van der Waals surface area (Å²) in [7, 11) is 4.18. The lowest BCUT2D eigenvalue weighted by Gasteiger charge is -2.17. The molecule has 20 heavy (non-hydrogen) atoms. The number of hydrogen-bond acceptors (Lipinski definition) is 3. The van der Waals surface area contributed by atoms with Crippen molar-refractivity contribution in [3.05, 3.63) is 57.8 Å². The van der Waals surface area contributed by atoms with Gasteiger partial charge in [0.2, 0.25) is 0 Å². The number of thiophene rings is 1. The summed E-state index contributed by atoms with van der Waals surface area (Å²) in [6, 6.07) is 13.3. The fourth-order valence-electron chi connectivity index (χ4n) is 2.41. The topological polar surface area (TPSA) is 15.3 Å². The Balaban J connectivity index is 1.89. The van der Waals surface area contributed by atoms with Gasteiger partial charge in [0.25, 0.3) is 0 Å². The number of benzene rings is 1. The van der Waals surface area contributed by atoms with Crippen molar-refractivity contribution < 1.29 is 0 Å². The number of likely N-dealkylation sites (N-methyl/N-ethyl adjacent to an activating group) is 1. The van der Waals surface area contributed by atoms with Gasteiger partial charge in [-0.25, -0.2) is 0 Å². The Morgan fingerprint density at radius 2 is 1.90 bits per heavy atom. The van der Waals surface area contributed by atoms with Crippen LogP contribution in [0.15, 0.2) is 41.8 Å². The van der Waals surface area contributed by atoms with Crippen LogP contribution in [0, 0.1) is 0 Å². The monoisotopic (exact) mass is 288 g/mol. The second kappa shape index (κ2) is 7.58. The first kappa shape index (κ1) is 15.2. The zero-order chi connectivity index (χ0) is 14.4. The lowest BCUT2D eigenvalue weighted by Crippen LogP contribution is -2.17. The van der Waals surface area contributed by atoms with Crippen LogP contribution in [0.5, 0.6) is 0 Å². The third-order valence-corrected chi connectivity index (χ3v) is 4.38. The molecule has 0 saturated heterocycles. The van der Waals surface area contributed by atoms with Crippen molar-refractivity contribution in [2.24, 2.45) is 0 Å². The first-order valence-corrected chi connectivity index (χ1v) is 8.01. The molecule has 1 unspecified atom stereocenters. The zero-order valence-corrected chi connectivity index (χ0v) is 13.4. The summed E-state index contributed by atoms with van der Waals surface area (Å²) in [6.45, 7) is 5.31. The molecule has 1 heterocycles. The maximum atomic E-state index is 3.23. The van der Waals surface area contributed by atoms with Gasteiger partial charge in [-0.3, -0.25) is 4.90 Å². The Morgan fingerprint density at radius 1 is 1.15 bits per heavy atom. The molecule has 0 amide bonds. The van der Waals surface area contributed by atoms with Crippen molar-refractivity contribution in [2.45, 2.75) is 25.9 Å². The molecule has 2 aromatic rings. The summed E-state index contributed by atoms with van der Waals surface area (Å²) in [5.74, 6) is 0.567. The van der Waals surface area contributed by atoms with Gasteiger partial charge >= 0.3 is 0 Å². The Bertz CT molecular complexity index is 490. The van der Waals surface area contributed by atoms with Gasteiger partial charge in [-0.15, -0.1) is 11.3 Å². The molecule has 0 aliphatic heterocycles. The molecule has 1 aromatic carbocycles. The highest BCUT2D eigenvalue weighted by molar-refractivity contribution is 7.09. The average Bonchev–Trinajstić information content (AvgIpc) is 2.92. The van der Waals surface area contributed by atoms with Crippen molar-refractivity contribution in [1.29, 1.82) is 0 Å². The van der Waals surface area contributed by atoms with Gasteiger partial charge in [0.05, 0.1) is 0 Å². The van der Waals surface area contributed by atoms with Gasteiger partial charge in [0.1, 0.15) is 0 Å². The van der Waals surface area contributed by atoms with Crippen LogP contribution in [0.4, 0.5) is 0 Å². The third-order valence-electron chi connectivity index (χ3n) is 3.52. The first-order valence-electron chi connectivity index (χ1n) is 7.13. The number of rotatable bonds is 7. The Kier molecular flexibility index (Phi) is 5.77. The van der Waals surface area contributed by atoms with E-state index in [0.717, 1.165) is 19.6 Å². The van der Waals surface area contributed by atoms with E-state index < -0.39 is 0 Å². The molecule has 1 aromatic heterocycles. The van der Waals surface area contributed by atoms with E-state index in [1.165, 1.54) is 16.0 Å². The fourth-order valence-corrected chi connectivity index (χ4v) is 3.20. The Labute approximate surface area is 126 Å². The van der Waals surface area contributed by atoms with Crippen LogP contribution in [0.3, 0.4) is 0 Å². The minimum Gasteiger partial charge on any atom is -0.319 e. The molecular weight excluding hydrogens is 264 g/mol. The van der Waals surface area contributed by atoms with Crippen LogP contribution in [0.25, 0.3) is 0 Å². The maximum Gasteiger partial charge on any atom is 0.0328 e. The zero-order valence-electron chi connectivity index (χ0n) is 12.6. The molecule has 3 heteroatoms. The summed E-state index contributed by atoms with van der Waals surface area (Å²) in [4.78, 5) is 3.78. The molecule has 0 radical (unpaired) electrons. The molecule has 1 N–H and O–H groups in total. The van der Waals surface area contributed by atoms with Gasteiger partial charge in [-0.1, -0.05) is 37.3 Å². The van der Waals surface area contributed by atoms with Crippen LogP contribution < -0.4 is 5.32 Å². The molecule has 0 aliphatic carbocycles. The minimum atomic E-state index is 0.567. The van der Waals surface area contributed by atoms with Crippen molar-refractivity contribution in [2.75, 3.05) is 20.6 Å². The van der Waals surface area contributed by atoms with E-state index in [4.69, 9.17) is 0 Å². The van der Waals surface area contributed by atoms with Crippen molar-refractivity contribution in [3.63, 3.8) is 0 Å². The summed E-state index contributed by atoms with van der Waals surface area (Å²) >= 11 is 1.83. The molecule has 108 valence electrons. The van der Waals surface area contributed by atoms with E-state index in [2.05, 4.69) is 66.0 Å². The van der Waals surface area contributed by atoms with Crippen LogP contribution >= 0.6 is 11.3 Å². The predicted octanol–water partition coefficient (Wildman–Crippen LogP) is 3.70. The van der Waals surface area contributed by atoms with E-state index in [1.807, 2.05) is 18.4 Å². The molecule has 0 aliphatic rings. The number of nitrogens with zero attached hydrogens (tertiary/aromatic N) is 1. The van der Waals surface area contributed by atoms with Gasteiger partial charge in [0.15, 0.2) is 0 Å². The second-order valence-corrected chi connectivity index (χ2v) is 6.48. The molecule has 2 nitrogen and oxygen atoms in total. The lowest BCUT2D eigenvalue weighted by molar-refractivity contribution is 0.322. The van der Waals surface area contributed by atoms with Gasteiger partial charge in [-0.05, 0) is 42.6 Å². The van der Waals surface area contributed by atoms with E-state index in [0.29, 0.717) is 5.92 Å². The second-order valence-electron chi connectivity index (χ2n) is 5.45. The van der Waals surface area contributed by atoms with Gasteiger partial charge in [0, 0.05) is 24.5 Å². The maximum absolute atomic E-state index is 3.23. The fraction of sp³-hybridized carbons (Fsp3) is 0.412. The summed E-state index contributed by atoms with van der Waals surface area (Å²) in [5.41, 5.74) is 2.79. The van der Waals surface area contributed by atoms with E-state index in [-0.39, 0.29) is 0 Å². The molecular formula is C17H24N2S. The summed E-state index contributed by atoms with van der Waals surface area (Å²) < 4.78 is 0. The molecule has 0 fully saturated rings. The van der Waals surface area contributed by atoms with E-state index >= 15 is 0 Å². The van der Waals surface area contributed by atoms with E-state index in [1.54, 1.807) is 0 Å². The van der Waals surface area contributed by atoms with Crippen molar-refractivity contribution in [1.82, 2.24) is 10.2 Å². The molecule has 0 spiro atoms. The summed E-state index contributed by atoms with van der Waals surface area (Å²) in [6.07, 6.45) is 0. The number of nitrogens with one attached hydrogen (secondary N) is 1. The first-order chi connectivity index (χ1) is 9.69. The summed E-state index contributed by atoms with van der Waals surface area (Å²) in [5, 5.41) is 5.37. The smallest absolute Gasteiger partial charge is 0.0328 e. The molecule has 0 bridgehead atoms. The van der Waals surface area contributed by atoms with Crippen LogP contribution in [-0.4, -0.2) is 25.5 Å². The third kappa shape index (κ3) is 4.44. The quantitative estimate of drug-likeness (QED) is 0.835. The minimum absolute atomic E-state index is 0.567.